The first-order valence-electron chi connectivity index (χ1n) is 11.7. The number of piperazine rings is 1. The third-order valence-corrected chi connectivity index (χ3v) is 6.62. The van der Waals surface area contributed by atoms with Gasteiger partial charge in [0.2, 0.25) is 5.82 Å². The Balaban J connectivity index is 1.22. The normalized spacial score (nSPS) is 18.7. The molecular weight excluding hydrogens is 456 g/mol. The summed E-state index contributed by atoms with van der Waals surface area (Å²) in [6, 6.07) is 11.5. The standard InChI is InChI=1S/C25H24N10O/c26-25-21(12-20(31-32-25)19-4-1-2-5-22(19)36)33-13-17-7-8-18(14-33)35(17)24-9-10-28-23(30-24)6-3-11-34-16-27-15-29-34/h1-2,4-5,9-10,12,15-18,36H,7-8,11,13-14H2,(H2,26,32)/t17-,18+. The fraction of sp³-hybridized carbons (Fsp3) is 0.280. The number of hydrogen-bond acceptors (Lipinski definition) is 10. The lowest BCUT2D eigenvalue weighted by molar-refractivity contribution is 0.477. The number of phenolic OH excluding ortho intramolecular Hbond substituents is 1. The highest BCUT2D eigenvalue weighted by Gasteiger charge is 2.41. The van der Waals surface area contributed by atoms with Gasteiger partial charge in [-0.1, -0.05) is 18.1 Å². The van der Waals surface area contributed by atoms with Crippen LogP contribution in [-0.4, -0.2) is 65.2 Å². The Labute approximate surface area is 207 Å². The van der Waals surface area contributed by atoms with Crippen LogP contribution >= 0.6 is 0 Å². The van der Waals surface area contributed by atoms with Crippen LogP contribution in [0.5, 0.6) is 5.75 Å². The molecular formula is C25H24N10O. The summed E-state index contributed by atoms with van der Waals surface area (Å²) in [6.07, 6.45) is 6.99. The average molecular weight is 481 g/mol. The number of para-hydroxylation sites is 1. The summed E-state index contributed by atoms with van der Waals surface area (Å²) in [5, 5.41) is 22.7. The largest absolute Gasteiger partial charge is 0.507 e. The number of nitrogens with two attached hydrogens (primary N) is 1. The average Bonchev–Trinajstić information content (AvgIpc) is 3.50. The van der Waals surface area contributed by atoms with E-state index in [0.717, 1.165) is 37.4 Å². The number of rotatable bonds is 4. The molecule has 2 saturated heterocycles. The van der Waals surface area contributed by atoms with Crippen LogP contribution in [0.1, 0.15) is 18.7 Å². The van der Waals surface area contributed by atoms with Crippen molar-refractivity contribution in [3.05, 3.63) is 61.1 Å². The molecule has 0 amide bonds. The first-order valence-corrected chi connectivity index (χ1v) is 11.7. The Morgan fingerprint density at radius 2 is 1.92 bits per heavy atom. The van der Waals surface area contributed by atoms with E-state index in [-0.39, 0.29) is 17.8 Å². The lowest BCUT2D eigenvalue weighted by Crippen LogP contribution is -2.54. The highest BCUT2D eigenvalue weighted by atomic mass is 16.3. The summed E-state index contributed by atoms with van der Waals surface area (Å²) in [7, 11) is 0. The number of aromatic nitrogens is 7. The maximum atomic E-state index is 10.3. The van der Waals surface area contributed by atoms with Crippen molar-refractivity contribution >= 4 is 17.3 Å². The molecule has 2 aliphatic rings. The molecule has 3 N–H and O–H groups in total. The summed E-state index contributed by atoms with van der Waals surface area (Å²) in [6.45, 7) is 2.00. The van der Waals surface area contributed by atoms with Gasteiger partial charge in [0.15, 0.2) is 5.82 Å². The summed E-state index contributed by atoms with van der Waals surface area (Å²) in [5.41, 5.74) is 8.32. The highest BCUT2D eigenvalue weighted by molar-refractivity contribution is 5.74. The number of benzene rings is 1. The van der Waals surface area contributed by atoms with E-state index in [0.29, 0.717) is 29.4 Å². The smallest absolute Gasteiger partial charge is 0.206 e. The van der Waals surface area contributed by atoms with Crippen molar-refractivity contribution in [3.8, 4) is 28.8 Å². The molecule has 6 rings (SSSR count). The van der Waals surface area contributed by atoms with Gasteiger partial charge < -0.3 is 20.6 Å². The number of nitrogen functional groups attached to an aromatic ring is 1. The van der Waals surface area contributed by atoms with E-state index < -0.39 is 0 Å². The van der Waals surface area contributed by atoms with Gasteiger partial charge in [-0.2, -0.15) is 5.10 Å². The fourth-order valence-electron chi connectivity index (χ4n) is 5.01. The van der Waals surface area contributed by atoms with Gasteiger partial charge in [0.25, 0.3) is 0 Å². The second kappa shape index (κ2) is 9.14. The quantitative estimate of drug-likeness (QED) is 0.416. The van der Waals surface area contributed by atoms with Crippen LogP contribution < -0.4 is 15.5 Å². The summed E-state index contributed by atoms with van der Waals surface area (Å²) in [5.74, 6) is 8.00. The zero-order valence-corrected chi connectivity index (χ0v) is 19.4. The minimum atomic E-state index is 0.163. The minimum Gasteiger partial charge on any atom is -0.507 e. The van der Waals surface area contributed by atoms with Gasteiger partial charge in [0.1, 0.15) is 30.8 Å². The molecule has 0 unspecified atom stereocenters. The predicted octanol–water partition coefficient (Wildman–Crippen LogP) is 1.72. The van der Waals surface area contributed by atoms with Gasteiger partial charge in [0.05, 0.1) is 11.4 Å². The molecule has 11 heteroatoms. The fourth-order valence-corrected chi connectivity index (χ4v) is 5.01. The van der Waals surface area contributed by atoms with Crippen LogP contribution in [0.2, 0.25) is 0 Å². The van der Waals surface area contributed by atoms with Crippen molar-refractivity contribution in [2.45, 2.75) is 31.5 Å². The van der Waals surface area contributed by atoms with Crippen molar-refractivity contribution in [2.24, 2.45) is 0 Å². The number of fused-ring (bicyclic) bond motifs is 2. The third kappa shape index (κ3) is 4.13. The molecule has 180 valence electrons. The van der Waals surface area contributed by atoms with Crippen LogP contribution in [0.3, 0.4) is 0 Å². The highest BCUT2D eigenvalue weighted by Crippen LogP contribution is 2.38. The van der Waals surface area contributed by atoms with E-state index in [1.54, 1.807) is 29.3 Å². The van der Waals surface area contributed by atoms with Crippen molar-refractivity contribution < 1.29 is 5.11 Å². The molecule has 36 heavy (non-hydrogen) atoms. The Bertz CT molecular complexity index is 1430. The van der Waals surface area contributed by atoms with Gasteiger partial charge in [-0.3, -0.25) is 0 Å². The van der Waals surface area contributed by atoms with E-state index in [9.17, 15) is 5.11 Å². The van der Waals surface area contributed by atoms with Gasteiger partial charge in [0, 0.05) is 36.9 Å². The minimum absolute atomic E-state index is 0.163. The van der Waals surface area contributed by atoms with E-state index >= 15 is 0 Å². The van der Waals surface area contributed by atoms with Crippen LogP contribution in [0, 0.1) is 11.8 Å². The summed E-state index contributed by atoms with van der Waals surface area (Å²) >= 11 is 0. The summed E-state index contributed by atoms with van der Waals surface area (Å²) in [4.78, 5) is 17.6. The molecule has 11 nitrogen and oxygen atoms in total. The molecule has 1 aromatic carbocycles. The van der Waals surface area contributed by atoms with E-state index in [4.69, 9.17) is 10.7 Å². The SMILES string of the molecule is Nc1nnc(-c2ccccc2O)cc1N1C[C@H]2CC[C@@H](C1)N2c1ccnc(C#CCn2cncn2)n1. The van der Waals surface area contributed by atoms with E-state index in [1.165, 1.54) is 6.33 Å². The zero-order valence-electron chi connectivity index (χ0n) is 19.4. The Hall–Kier alpha value is -4.72. The molecule has 5 heterocycles. The van der Waals surface area contributed by atoms with Crippen molar-refractivity contribution in [2.75, 3.05) is 28.6 Å². The van der Waals surface area contributed by atoms with Gasteiger partial charge in [-0.15, -0.1) is 10.2 Å². The Kier molecular flexibility index (Phi) is 5.53. The molecule has 3 aromatic heterocycles. The molecule has 0 saturated carbocycles. The van der Waals surface area contributed by atoms with Crippen molar-refractivity contribution in [1.29, 1.82) is 0 Å². The number of nitrogens with zero attached hydrogens (tertiary/aromatic N) is 9. The number of aromatic hydroxyl groups is 1. The van der Waals surface area contributed by atoms with E-state index in [2.05, 4.69) is 46.9 Å². The van der Waals surface area contributed by atoms with Crippen molar-refractivity contribution in [1.82, 2.24) is 34.9 Å². The first-order chi connectivity index (χ1) is 17.7. The lowest BCUT2D eigenvalue weighted by Gasteiger charge is -2.42. The Morgan fingerprint density at radius 1 is 1.08 bits per heavy atom. The van der Waals surface area contributed by atoms with Gasteiger partial charge >= 0.3 is 0 Å². The monoisotopic (exact) mass is 480 g/mol. The molecule has 2 atom stereocenters. The second-order valence-electron chi connectivity index (χ2n) is 8.85. The predicted molar refractivity (Wildman–Crippen MR) is 134 cm³/mol. The molecule has 0 aliphatic carbocycles. The van der Waals surface area contributed by atoms with Crippen molar-refractivity contribution in [3.63, 3.8) is 0 Å². The van der Waals surface area contributed by atoms with Crippen LogP contribution in [0.4, 0.5) is 17.3 Å². The number of hydrogen-bond donors (Lipinski definition) is 2. The Morgan fingerprint density at radius 3 is 2.69 bits per heavy atom. The van der Waals surface area contributed by atoms with E-state index in [1.807, 2.05) is 24.3 Å². The van der Waals surface area contributed by atoms with Crippen LogP contribution in [-0.2, 0) is 6.54 Å². The van der Waals surface area contributed by atoms with Crippen LogP contribution in [0.25, 0.3) is 11.3 Å². The molecule has 2 bridgehead atoms. The second-order valence-corrected chi connectivity index (χ2v) is 8.85. The lowest BCUT2D eigenvalue weighted by atomic mass is 10.1. The molecule has 0 radical (unpaired) electrons. The molecule has 4 aromatic rings. The molecule has 2 aliphatic heterocycles. The number of phenols is 1. The third-order valence-electron chi connectivity index (χ3n) is 6.62. The van der Waals surface area contributed by atoms with Gasteiger partial charge in [-0.05, 0) is 43.0 Å². The summed E-state index contributed by atoms with van der Waals surface area (Å²) < 4.78 is 1.65. The zero-order chi connectivity index (χ0) is 24.5. The molecule has 2 fully saturated rings. The number of anilines is 3. The van der Waals surface area contributed by atoms with Gasteiger partial charge in [-0.25, -0.2) is 19.6 Å². The first kappa shape index (κ1) is 21.8. The topological polar surface area (TPSA) is 135 Å². The maximum Gasteiger partial charge on any atom is 0.206 e. The molecule has 0 spiro atoms. The van der Waals surface area contributed by atoms with Crippen LogP contribution in [0.15, 0.2) is 55.2 Å². The maximum absolute atomic E-state index is 10.3.